The van der Waals surface area contributed by atoms with E-state index in [0.717, 1.165) is 0 Å². The molecule has 0 aromatic heterocycles. The zero-order valence-corrected chi connectivity index (χ0v) is 12.2. The van der Waals surface area contributed by atoms with E-state index < -0.39 is 5.41 Å². The van der Waals surface area contributed by atoms with Crippen LogP contribution in [0.2, 0.25) is 0 Å². The van der Waals surface area contributed by atoms with Gasteiger partial charge in [0, 0.05) is 12.1 Å². The number of nitrogens with two attached hydrogens (primary N) is 1. The lowest BCUT2D eigenvalue weighted by Crippen LogP contribution is -2.53. The number of hydrogen-bond acceptors (Lipinski definition) is 4. The van der Waals surface area contributed by atoms with Crippen LogP contribution in [0.3, 0.4) is 0 Å². The molecule has 0 bridgehead atoms. The number of hydrogen-bond donors (Lipinski definition) is 3. The molecule has 1 atom stereocenters. The van der Waals surface area contributed by atoms with Gasteiger partial charge in [-0.15, -0.1) is 0 Å². The van der Waals surface area contributed by atoms with Crippen molar-refractivity contribution in [1.82, 2.24) is 10.2 Å². The van der Waals surface area contributed by atoms with Crippen LogP contribution in [0, 0.1) is 5.41 Å². The summed E-state index contributed by atoms with van der Waals surface area (Å²) in [5.41, 5.74) is 4.46. The molecule has 1 amide bonds. The van der Waals surface area contributed by atoms with Gasteiger partial charge in [-0.05, 0) is 41.3 Å². The first-order valence-electron chi connectivity index (χ1n) is 6.05. The predicted octanol–water partition coefficient (Wildman–Crippen LogP) is 0.606. The molecule has 6 nitrogen and oxygen atoms in total. The first-order chi connectivity index (χ1) is 8.11. The molecule has 0 radical (unpaired) electrons. The molecule has 4 N–H and O–H groups in total. The van der Waals surface area contributed by atoms with Gasteiger partial charge >= 0.3 is 0 Å². The van der Waals surface area contributed by atoms with Gasteiger partial charge in [0.15, 0.2) is 5.84 Å². The molecule has 0 fully saturated rings. The highest BCUT2D eigenvalue weighted by atomic mass is 16.4. The largest absolute Gasteiger partial charge is 0.409 e. The second kappa shape index (κ2) is 6.04. The van der Waals surface area contributed by atoms with E-state index in [2.05, 4.69) is 10.5 Å². The summed E-state index contributed by atoms with van der Waals surface area (Å²) in [5, 5.41) is 14.6. The van der Waals surface area contributed by atoms with Gasteiger partial charge in [0.1, 0.15) is 5.41 Å². The maximum absolute atomic E-state index is 12.2. The van der Waals surface area contributed by atoms with Gasteiger partial charge in [-0.3, -0.25) is 4.79 Å². The third-order valence-corrected chi connectivity index (χ3v) is 3.77. The Kier molecular flexibility index (Phi) is 5.60. The summed E-state index contributed by atoms with van der Waals surface area (Å²) in [6.45, 7) is 8.04. The van der Waals surface area contributed by atoms with Gasteiger partial charge in [-0.2, -0.15) is 0 Å². The van der Waals surface area contributed by atoms with Crippen LogP contribution in [0.5, 0.6) is 0 Å². The van der Waals surface area contributed by atoms with E-state index in [1.807, 2.05) is 39.8 Å². The van der Waals surface area contributed by atoms with E-state index in [1.165, 1.54) is 0 Å². The molecule has 0 aliphatic carbocycles. The summed E-state index contributed by atoms with van der Waals surface area (Å²) in [7, 11) is 3.91. The Morgan fingerprint density at radius 2 is 1.89 bits per heavy atom. The minimum absolute atomic E-state index is 0.0647. The van der Waals surface area contributed by atoms with E-state index in [1.54, 1.807) is 6.92 Å². The zero-order valence-electron chi connectivity index (χ0n) is 12.2. The molecular weight excluding hydrogens is 232 g/mol. The second-order valence-electron chi connectivity index (χ2n) is 5.56. The summed E-state index contributed by atoms with van der Waals surface area (Å²) in [6.07, 6.45) is 0.469. The monoisotopic (exact) mass is 258 g/mol. The van der Waals surface area contributed by atoms with Crippen LogP contribution in [-0.4, -0.2) is 48.0 Å². The fourth-order valence-corrected chi connectivity index (χ4v) is 1.22. The lowest BCUT2D eigenvalue weighted by molar-refractivity contribution is -0.127. The van der Waals surface area contributed by atoms with Crippen molar-refractivity contribution in [2.75, 3.05) is 20.6 Å². The molecular formula is C12H26N4O2. The minimum atomic E-state index is -0.975. The molecule has 0 rings (SSSR count). The summed E-state index contributed by atoms with van der Waals surface area (Å²) in [6, 6.07) is 0. The summed E-state index contributed by atoms with van der Waals surface area (Å²) >= 11 is 0. The van der Waals surface area contributed by atoms with Crippen molar-refractivity contribution >= 4 is 11.7 Å². The Morgan fingerprint density at radius 1 is 1.39 bits per heavy atom. The van der Waals surface area contributed by atoms with Crippen LogP contribution >= 0.6 is 0 Å². The van der Waals surface area contributed by atoms with Crippen LogP contribution in [-0.2, 0) is 4.79 Å². The van der Waals surface area contributed by atoms with Crippen molar-refractivity contribution in [3.8, 4) is 0 Å². The number of nitrogens with zero attached hydrogens (tertiary/aromatic N) is 2. The lowest BCUT2D eigenvalue weighted by atomic mass is 9.85. The maximum atomic E-state index is 12.2. The predicted molar refractivity (Wildman–Crippen MR) is 72.6 cm³/mol. The first-order valence-corrected chi connectivity index (χ1v) is 6.05. The Balaban J connectivity index is 4.77. The van der Waals surface area contributed by atoms with Crippen molar-refractivity contribution in [1.29, 1.82) is 0 Å². The molecule has 18 heavy (non-hydrogen) atoms. The third-order valence-electron chi connectivity index (χ3n) is 3.77. The Morgan fingerprint density at radius 3 is 2.22 bits per heavy atom. The molecule has 0 saturated carbocycles. The molecule has 0 aromatic rings. The van der Waals surface area contributed by atoms with Crippen LogP contribution in [0.1, 0.15) is 34.1 Å². The van der Waals surface area contributed by atoms with Crippen LogP contribution < -0.4 is 11.1 Å². The normalized spacial score (nSPS) is 16.5. The van der Waals surface area contributed by atoms with E-state index in [-0.39, 0.29) is 17.3 Å². The molecule has 0 aliphatic heterocycles. The number of carbonyl (C=O) groups is 1. The highest BCUT2D eigenvalue weighted by molar-refractivity contribution is 6.06. The Bertz CT molecular complexity index is 326. The number of likely N-dealkylation sites (N-methyl/N-ethyl adjacent to an activating group) is 1. The van der Waals surface area contributed by atoms with Gasteiger partial charge in [0.25, 0.3) is 0 Å². The average molecular weight is 258 g/mol. The van der Waals surface area contributed by atoms with Crippen molar-refractivity contribution in [2.24, 2.45) is 16.3 Å². The maximum Gasteiger partial charge on any atom is 0.233 e. The molecule has 0 aliphatic rings. The second-order valence-corrected chi connectivity index (χ2v) is 5.56. The average Bonchev–Trinajstić information content (AvgIpc) is 2.33. The molecule has 0 saturated heterocycles. The molecule has 6 heteroatoms. The number of amides is 1. The highest BCUT2D eigenvalue weighted by Gasteiger charge is 2.37. The van der Waals surface area contributed by atoms with E-state index in [9.17, 15) is 4.79 Å². The molecule has 1 unspecified atom stereocenters. The number of rotatable bonds is 6. The standard InChI is InChI=1S/C12H26N4O2/c1-7-12(4,9(13)15-18)10(17)14-8-11(2,3)16(5)6/h18H,7-8H2,1-6H3,(H2,13,15)(H,14,17). The number of nitrogens with one attached hydrogen (secondary N) is 1. The smallest absolute Gasteiger partial charge is 0.233 e. The highest BCUT2D eigenvalue weighted by Crippen LogP contribution is 2.22. The van der Waals surface area contributed by atoms with Gasteiger partial charge in [0.05, 0.1) is 0 Å². The van der Waals surface area contributed by atoms with Crippen molar-refractivity contribution < 1.29 is 10.0 Å². The number of carbonyl (C=O) groups excluding carboxylic acids is 1. The Hall–Kier alpha value is -1.30. The SMILES string of the molecule is CCC(C)(C(=O)NCC(C)(C)N(C)C)C(N)=NO. The van der Waals surface area contributed by atoms with Crippen molar-refractivity contribution in [3.63, 3.8) is 0 Å². The van der Waals surface area contributed by atoms with Gasteiger partial charge in [-0.1, -0.05) is 12.1 Å². The number of amidine groups is 1. The van der Waals surface area contributed by atoms with Crippen molar-refractivity contribution in [3.05, 3.63) is 0 Å². The fraction of sp³-hybridized carbons (Fsp3) is 0.833. The molecule has 0 heterocycles. The van der Waals surface area contributed by atoms with E-state index >= 15 is 0 Å². The van der Waals surface area contributed by atoms with Crippen LogP contribution in [0.15, 0.2) is 5.16 Å². The quantitative estimate of drug-likeness (QED) is 0.282. The van der Waals surface area contributed by atoms with E-state index in [4.69, 9.17) is 10.9 Å². The third kappa shape index (κ3) is 3.60. The Labute approximate surface area is 109 Å². The minimum Gasteiger partial charge on any atom is -0.409 e. The topological polar surface area (TPSA) is 91.0 Å². The summed E-state index contributed by atoms with van der Waals surface area (Å²) < 4.78 is 0. The van der Waals surface area contributed by atoms with Crippen molar-refractivity contribution in [2.45, 2.75) is 39.7 Å². The zero-order chi connectivity index (χ0) is 14.6. The van der Waals surface area contributed by atoms with E-state index in [0.29, 0.717) is 13.0 Å². The van der Waals surface area contributed by atoms with Gasteiger partial charge in [0.2, 0.25) is 5.91 Å². The van der Waals surface area contributed by atoms with Crippen LogP contribution in [0.4, 0.5) is 0 Å². The molecule has 106 valence electrons. The molecule has 0 aromatic carbocycles. The van der Waals surface area contributed by atoms with Gasteiger partial charge in [-0.25, -0.2) is 0 Å². The summed E-state index contributed by atoms with van der Waals surface area (Å²) in [4.78, 5) is 14.2. The number of oxime groups is 1. The molecule has 0 spiro atoms. The van der Waals surface area contributed by atoms with Gasteiger partial charge < -0.3 is 21.2 Å². The fourth-order valence-electron chi connectivity index (χ4n) is 1.22. The van der Waals surface area contributed by atoms with Crippen LogP contribution in [0.25, 0.3) is 0 Å². The lowest BCUT2D eigenvalue weighted by Gasteiger charge is -2.34. The summed E-state index contributed by atoms with van der Waals surface area (Å²) in [5.74, 6) is -0.291. The first kappa shape index (κ1) is 16.7.